The highest BCUT2D eigenvalue weighted by Crippen LogP contribution is 2.28. The van der Waals surface area contributed by atoms with Crippen molar-refractivity contribution in [3.63, 3.8) is 0 Å². The monoisotopic (exact) mass is 256 g/mol. The van der Waals surface area contributed by atoms with Gasteiger partial charge in [0.2, 0.25) is 0 Å². The van der Waals surface area contributed by atoms with E-state index in [-0.39, 0.29) is 0 Å². The lowest BCUT2D eigenvalue weighted by Crippen LogP contribution is -2.19. The van der Waals surface area contributed by atoms with Crippen molar-refractivity contribution in [2.45, 2.75) is 39.2 Å². The Balaban J connectivity index is 2.30. The molecule has 0 aliphatic heterocycles. The highest BCUT2D eigenvalue weighted by molar-refractivity contribution is 5.82. The summed E-state index contributed by atoms with van der Waals surface area (Å²) in [7, 11) is 2.05. The van der Waals surface area contributed by atoms with Gasteiger partial charge in [0, 0.05) is 17.6 Å². The molecule has 2 heteroatoms. The Bertz CT molecular complexity index is 516. The zero-order chi connectivity index (χ0) is 13.7. The van der Waals surface area contributed by atoms with Crippen LogP contribution < -0.4 is 5.32 Å². The molecule has 1 aromatic heterocycles. The van der Waals surface area contributed by atoms with E-state index in [1.165, 1.54) is 30.2 Å². The molecule has 2 aromatic rings. The minimum absolute atomic E-state index is 0.412. The van der Waals surface area contributed by atoms with Crippen LogP contribution in [0.25, 0.3) is 10.9 Å². The third kappa shape index (κ3) is 3.32. The maximum atomic E-state index is 4.45. The molecule has 102 valence electrons. The van der Waals surface area contributed by atoms with Crippen molar-refractivity contribution in [1.82, 2.24) is 10.3 Å². The molecule has 0 saturated heterocycles. The van der Waals surface area contributed by atoms with Crippen molar-refractivity contribution < 1.29 is 0 Å². The summed E-state index contributed by atoms with van der Waals surface area (Å²) in [6.45, 7) is 4.60. The molecule has 0 radical (unpaired) electrons. The number of para-hydroxylation sites is 1. The van der Waals surface area contributed by atoms with E-state index in [0.29, 0.717) is 6.04 Å². The second kappa shape index (κ2) is 6.67. The Morgan fingerprint density at radius 2 is 2.00 bits per heavy atom. The normalized spacial score (nSPS) is 14.5. The van der Waals surface area contributed by atoms with Gasteiger partial charge in [-0.1, -0.05) is 44.9 Å². The van der Waals surface area contributed by atoms with Gasteiger partial charge in [-0.25, -0.2) is 0 Å². The Labute approximate surface area is 116 Å². The maximum Gasteiger partial charge on any atom is 0.0705 e. The van der Waals surface area contributed by atoms with Crippen LogP contribution in [-0.4, -0.2) is 12.0 Å². The van der Waals surface area contributed by atoms with Crippen molar-refractivity contribution >= 4 is 10.9 Å². The number of aromatic nitrogens is 1. The molecule has 2 rings (SSSR count). The van der Waals surface area contributed by atoms with Crippen molar-refractivity contribution in [3.8, 4) is 0 Å². The van der Waals surface area contributed by atoms with Crippen LogP contribution in [0.2, 0.25) is 0 Å². The molecule has 2 atom stereocenters. The Hall–Kier alpha value is -1.41. The molecule has 0 saturated carbocycles. The number of hydrogen-bond donors (Lipinski definition) is 1. The number of nitrogens with zero attached hydrogens (tertiary/aromatic N) is 1. The van der Waals surface area contributed by atoms with Crippen LogP contribution >= 0.6 is 0 Å². The average Bonchev–Trinajstić information content (AvgIpc) is 2.44. The third-order valence-electron chi connectivity index (χ3n) is 3.83. The summed E-state index contributed by atoms with van der Waals surface area (Å²) >= 11 is 0. The number of rotatable bonds is 6. The van der Waals surface area contributed by atoms with E-state index >= 15 is 0 Å². The van der Waals surface area contributed by atoms with E-state index in [1.54, 1.807) is 0 Å². The maximum absolute atomic E-state index is 4.45. The van der Waals surface area contributed by atoms with Crippen molar-refractivity contribution in [3.05, 3.63) is 42.1 Å². The lowest BCUT2D eigenvalue weighted by molar-refractivity contribution is 0.408. The fourth-order valence-electron chi connectivity index (χ4n) is 2.84. The predicted octanol–water partition coefficient (Wildman–Crippen LogP) is 4.32. The van der Waals surface area contributed by atoms with Crippen LogP contribution in [0.5, 0.6) is 0 Å². The molecule has 1 heterocycles. The van der Waals surface area contributed by atoms with Gasteiger partial charge < -0.3 is 5.32 Å². The van der Waals surface area contributed by atoms with Crippen molar-refractivity contribution in [2.75, 3.05) is 7.05 Å². The quantitative estimate of drug-likeness (QED) is 0.832. The highest BCUT2D eigenvalue weighted by atomic mass is 14.9. The molecular formula is C17H24N2. The molecule has 0 bridgehead atoms. The minimum Gasteiger partial charge on any atom is -0.313 e. The summed E-state index contributed by atoms with van der Waals surface area (Å²) in [5, 5.41) is 4.74. The molecule has 0 aliphatic rings. The van der Waals surface area contributed by atoms with Gasteiger partial charge >= 0.3 is 0 Å². The van der Waals surface area contributed by atoms with E-state index < -0.39 is 0 Å². The van der Waals surface area contributed by atoms with E-state index in [9.17, 15) is 0 Å². The summed E-state index contributed by atoms with van der Waals surface area (Å²) in [5.74, 6) is 0.745. The van der Waals surface area contributed by atoms with Gasteiger partial charge in [0.05, 0.1) is 5.52 Å². The predicted molar refractivity (Wildman–Crippen MR) is 82.2 cm³/mol. The molecule has 19 heavy (non-hydrogen) atoms. The van der Waals surface area contributed by atoms with Crippen LogP contribution in [0.15, 0.2) is 36.5 Å². The van der Waals surface area contributed by atoms with Gasteiger partial charge in [-0.15, -0.1) is 0 Å². The Morgan fingerprint density at radius 1 is 1.21 bits per heavy atom. The van der Waals surface area contributed by atoms with Gasteiger partial charge in [0.25, 0.3) is 0 Å². The van der Waals surface area contributed by atoms with Gasteiger partial charge in [-0.3, -0.25) is 4.98 Å². The van der Waals surface area contributed by atoms with E-state index in [2.05, 4.69) is 55.5 Å². The highest BCUT2D eigenvalue weighted by Gasteiger charge is 2.15. The first kappa shape index (κ1) is 14.0. The van der Waals surface area contributed by atoms with E-state index in [4.69, 9.17) is 0 Å². The lowest BCUT2D eigenvalue weighted by Gasteiger charge is -2.22. The van der Waals surface area contributed by atoms with Gasteiger partial charge in [0.15, 0.2) is 0 Å². The largest absolute Gasteiger partial charge is 0.313 e. The third-order valence-corrected chi connectivity index (χ3v) is 3.83. The fraction of sp³-hybridized carbons (Fsp3) is 0.471. The molecule has 2 nitrogen and oxygen atoms in total. The van der Waals surface area contributed by atoms with Crippen molar-refractivity contribution in [1.29, 1.82) is 0 Å². The fourth-order valence-corrected chi connectivity index (χ4v) is 2.84. The minimum atomic E-state index is 0.412. The first-order valence-electron chi connectivity index (χ1n) is 7.27. The summed E-state index contributed by atoms with van der Waals surface area (Å²) in [6, 6.07) is 11.0. The molecule has 0 aliphatic carbocycles. The number of benzene rings is 1. The topological polar surface area (TPSA) is 24.9 Å². The molecular weight excluding hydrogens is 232 g/mol. The SMILES string of the molecule is CCCC(C)CC(NC)c1ccnc2ccccc12. The van der Waals surface area contributed by atoms with Crippen molar-refractivity contribution in [2.24, 2.45) is 5.92 Å². The number of pyridine rings is 1. The van der Waals surface area contributed by atoms with Gasteiger partial charge in [0.1, 0.15) is 0 Å². The lowest BCUT2D eigenvalue weighted by atomic mass is 9.91. The molecule has 0 spiro atoms. The van der Waals surface area contributed by atoms with Crippen LogP contribution in [0, 0.1) is 5.92 Å². The van der Waals surface area contributed by atoms with Crippen LogP contribution in [0.1, 0.15) is 44.7 Å². The molecule has 1 N–H and O–H groups in total. The zero-order valence-electron chi connectivity index (χ0n) is 12.2. The molecule has 1 aromatic carbocycles. The molecule has 0 fully saturated rings. The van der Waals surface area contributed by atoms with Crippen LogP contribution in [-0.2, 0) is 0 Å². The second-order valence-corrected chi connectivity index (χ2v) is 5.39. The van der Waals surface area contributed by atoms with Gasteiger partial charge in [-0.2, -0.15) is 0 Å². The average molecular weight is 256 g/mol. The van der Waals surface area contributed by atoms with E-state index in [1.807, 2.05) is 12.3 Å². The van der Waals surface area contributed by atoms with Crippen LogP contribution in [0.3, 0.4) is 0 Å². The zero-order valence-corrected chi connectivity index (χ0v) is 12.2. The first-order chi connectivity index (χ1) is 9.26. The molecule has 2 unspecified atom stereocenters. The summed E-state index contributed by atoms with van der Waals surface area (Å²) in [5.41, 5.74) is 2.46. The summed E-state index contributed by atoms with van der Waals surface area (Å²) in [4.78, 5) is 4.45. The first-order valence-corrected chi connectivity index (χ1v) is 7.27. The summed E-state index contributed by atoms with van der Waals surface area (Å²) in [6.07, 6.45) is 5.65. The number of hydrogen-bond acceptors (Lipinski definition) is 2. The molecule has 0 amide bonds. The standard InChI is InChI=1S/C17H24N2/c1-4-7-13(2)12-17(18-3)15-10-11-19-16-9-6-5-8-14(15)16/h5-6,8-11,13,17-18H,4,7,12H2,1-3H3. The summed E-state index contributed by atoms with van der Waals surface area (Å²) < 4.78 is 0. The Morgan fingerprint density at radius 3 is 2.74 bits per heavy atom. The number of nitrogens with one attached hydrogen (secondary N) is 1. The van der Waals surface area contributed by atoms with E-state index in [0.717, 1.165) is 11.4 Å². The Kier molecular flexibility index (Phi) is 4.92. The smallest absolute Gasteiger partial charge is 0.0705 e. The van der Waals surface area contributed by atoms with Gasteiger partial charge in [-0.05, 0) is 37.1 Å². The second-order valence-electron chi connectivity index (χ2n) is 5.39. The van der Waals surface area contributed by atoms with Crippen LogP contribution in [0.4, 0.5) is 0 Å². The number of fused-ring (bicyclic) bond motifs is 1.